The van der Waals surface area contributed by atoms with Crippen molar-refractivity contribution in [3.63, 3.8) is 0 Å². The molecule has 0 unspecified atom stereocenters. The average Bonchev–Trinajstić information content (AvgIpc) is 3.32. The van der Waals surface area contributed by atoms with Gasteiger partial charge in [-0.25, -0.2) is 9.78 Å². The molecule has 0 aliphatic rings. The summed E-state index contributed by atoms with van der Waals surface area (Å²) in [5.41, 5.74) is 2.94. The van der Waals surface area contributed by atoms with E-state index < -0.39 is 0 Å². The first-order valence-corrected chi connectivity index (χ1v) is 11.0. The summed E-state index contributed by atoms with van der Waals surface area (Å²) in [5, 5.41) is 4.01. The minimum atomic E-state index is -0.171. The Labute approximate surface area is 186 Å². The van der Waals surface area contributed by atoms with Crippen LogP contribution in [-0.2, 0) is 18.8 Å². The van der Waals surface area contributed by atoms with E-state index in [1.54, 1.807) is 29.1 Å². The number of hydrogen-bond donors (Lipinski definition) is 1. The molecule has 2 aromatic heterocycles. The zero-order valence-electron chi connectivity index (χ0n) is 17.0. The normalized spacial score (nSPS) is 10.6. The molecule has 0 fully saturated rings. The molecule has 2 heterocycles. The topological polar surface area (TPSA) is 58.4 Å². The summed E-state index contributed by atoms with van der Waals surface area (Å²) in [6, 6.07) is 27.3. The highest BCUT2D eigenvalue weighted by molar-refractivity contribution is 7.98. The van der Waals surface area contributed by atoms with Crippen LogP contribution >= 0.6 is 11.8 Å². The summed E-state index contributed by atoms with van der Waals surface area (Å²) >= 11 is 1.67. The number of hydrogen-bond acceptors (Lipinski definition) is 4. The average molecular weight is 430 g/mol. The van der Waals surface area contributed by atoms with Gasteiger partial charge >= 0.3 is 6.03 Å². The van der Waals surface area contributed by atoms with E-state index in [1.807, 2.05) is 78.9 Å². The molecule has 6 heteroatoms. The van der Waals surface area contributed by atoms with Gasteiger partial charge in [0, 0.05) is 24.2 Å². The highest BCUT2D eigenvalue weighted by Crippen LogP contribution is 2.22. The number of furan rings is 1. The second-order valence-corrected chi connectivity index (χ2v) is 8.00. The molecular weight excluding hydrogens is 406 g/mol. The van der Waals surface area contributed by atoms with Gasteiger partial charge in [0.15, 0.2) is 0 Å². The van der Waals surface area contributed by atoms with Crippen molar-refractivity contribution in [3.05, 3.63) is 114 Å². The van der Waals surface area contributed by atoms with Gasteiger partial charge in [0.25, 0.3) is 0 Å². The monoisotopic (exact) mass is 429 g/mol. The summed E-state index contributed by atoms with van der Waals surface area (Å²) in [5.74, 6) is 1.52. The van der Waals surface area contributed by atoms with Crippen molar-refractivity contribution >= 4 is 23.5 Å². The first-order valence-electron chi connectivity index (χ1n) is 10.0. The number of nitrogens with one attached hydrogen (secondary N) is 1. The Morgan fingerprint density at radius 2 is 1.74 bits per heavy atom. The molecule has 0 spiro atoms. The van der Waals surface area contributed by atoms with Crippen LogP contribution in [0.2, 0.25) is 0 Å². The third kappa shape index (κ3) is 6.23. The van der Waals surface area contributed by atoms with Crippen LogP contribution in [0.5, 0.6) is 0 Å². The lowest BCUT2D eigenvalue weighted by Gasteiger charge is -2.22. The maximum Gasteiger partial charge on any atom is 0.322 e. The highest BCUT2D eigenvalue weighted by atomic mass is 32.2. The van der Waals surface area contributed by atoms with E-state index in [2.05, 4.69) is 16.4 Å². The molecule has 0 aliphatic carbocycles. The molecule has 2 amide bonds. The van der Waals surface area contributed by atoms with Crippen LogP contribution in [-0.4, -0.2) is 15.9 Å². The predicted molar refractivity (Wildman–Crippen MR) is 124 cm³/mol. The minimum absolute atomic E-state index is 0.171. The predicted octanol–water partition coefficient (Wildman–Crippen LogP) is 6.20. The molecule has 156 valence electrons. The molecule has 2 aromatic carbocycles. The highest BCUT2D eigenvalue weighted by Gasteiger charge is 2.16. The fourth-order valence-electron chi connectivity index (χ4n) is 3.13. The van der Waals surface area contributed by atoms with Crippen LogP contribution in [0.3, 0.4) is 0 Å². The van der Waals surface area contributed by atoms with Crippen molar-refractivity contribution in [3.8, 4) is 0 Å². The van der Waals surface area contributed by atoms with Crippen molar-refractivity contribution in [1.29, 1.82) is 0 Å². The van der Waals surface area contributed by atoms with Gasteiger partial charge in [-0.2, -0.15) is 0 Å². The number of nitrogens with zero attached hydrogens (tertiary/aromatic N) is 2. The van der Waals surface area contributed by atoms with E-state index in [4.69, 9.17) is 4.42 Å². The Kier molecular flexibility index (Phi) is 7.03. The maximum atomic E-state index is 13.1. The molecule has 0 saturated heterocycles. The van der Waals surface area contributed by atoms with E-state index in [-0.39, 0.29) is 6.03 Å². The van der Waals surface area contributed by atoms with Gasteiger partial charge in [0.05, 0.1) is 17.8 Å². The van der Waals surface area contributed by atoms with Gasteiger partial charge in [0.2, 0.25) is 0 Å². The van der Waals surface area contributed by atoms with E-state index in [0.29, 0.717) is 13.1 Å². The van der Waals surface area contributed by atoms with Crippen molar-refractivity contribution in [1.82, 2.24) is 9.88 Å². The van der Waals surface area contributed by atoms with E-state index in [1.165, 1.54) is 0 Å². The number of urea groups is 1. The number of carbonyl (C=O) groups excluding carboxylic acids is 1. The Morgan fingerprint density at radius 1 is 0.903 bits per heavy atom. The maximum absolute atomic E-state index is 13.1. The number of anilines is 1. The summed E-state index contributed by atoms with van der Waals surface area (Å²) in [6.45, 7) is 0.880. The summed E-state index contributed by atoms with van der Waals surface area (Å²) in [6.07, 6.45) is 3.41. The van der Waals surface area contributed by atoms with E-state index in [0.717, 1.165) is 33.4 Å². The summed E-state index contributed by atoms with van der Waals surface area (Å²) in [7, 11) is 0. The second kappa shape index (κ2) is 10.5. The molecule has 0 saturated carbocycles. The van der Waals surface area contributed by atoms with E-state index in [9.17, 15) is 4.79 Å². The molecule has 1 N–H and O–H groups in total. The van der Waals surface area contributed by atoms with Crippen molar-refractivity contribution in [2.45, 2.75) is 23.9 Å². The minimum Gasteiger partial charge on any atom is -0.467 e. The number of thioether (sulfide) groups is 1. The molecule has 4 aromatic rings. The van der Waals surface area contributed by atoms with Crippen LogP contribution in [0.4, 0.5) is 10.5 Å². The number of rotatable bonds is 8. The molecular formula is C25H23N3O2S. The van der Waals surface area contributed by atoms with Gasteiger partial charge in [-0.1, -0.05) is 48.5 Å². The SMILES string of the molecule is O=C(Nc1cccc(CSc2ccccn2)c1)N(Cc1ccccc1)Cc1ccco1. The van der Waals surface area contributed by atoms with Gasteiger partial charge in [0.1, 0.15) is 5.76 Å². The van der Waals surface area contributed by atoms with Crippen molar-refractivity contribution in [2.75, 3.05) is 5.32 Å². The molecule has 0 aliphatic heterocycles. The third-order valence-electron chi connectivity index (χ3n) is 4.63. The van der Waals surface area contributed by atoms with Gasteiger partial charge in [-0.05, 0) is 47.5 Å². The Hall–Kier alpha value is -3.51. The largest absolute Gasteiger partial charge is 0.467 e. The molecule has 0 radical (unpaired) electrons. The third-order valence-corrected chi connectivity index (χ3v) is 5.65. The van der Waals surface area contributed by atoms with Crippen molar-refractivity contribution in [2.24, 2.45) is 0 Å². The lowest BCUT2D eigenvalue weighted by atomic mass is 10.2. The number of pyridine rings is 1. The smallest absolute Gasteiger partial charge is 0.322 e. The Balaban J connectivity index is 1.43. The molecule has 31 heavy (non-hydrogen) atoms. The van der Waals surface area contributed by atoms with Crippen molar-refractivity contribution < 1.29 is 9.21 Å². The Morgan fingerprint density at radius 3 is 2.52 bits per heavy atom. The number of carbonyl (C=O) groups is 1. The first-order chi connectivity index (χ1) is 15.3. The molecule has 0 bridgehead atoms. The lowest BCUT2D eigenvalue weighted by Crippen LogP contribution is -2.34. The first kappa shape index (κ1) is 20.8. The Bertz CT molecular complexity index is 1090. The fraction of sp³-hybridized carbons (Fsp3) is 0.120. The molecule has 0 atom stereocenters. The number of aromatic nitrogens is 1. The van der Waals surface area contributed by atoms with Crippen LogP contribution in [0.25, 0.3) is 0 Å². The van der Waals surface area contributed by atoms with Crippen LogP contribution < -0.4 is 5.32 Å². The second-order valence-electron chi connectivity index (χ2n) is 7.01. The van der Waals surface area contributed by atoms with E-state index >= 15 is 0 Å². The number of benzene rings is 2. The molecule has 4 rings (SSSR count). The van der Waals surface area contributed by atoms with Gasteiger partial charge in [-0.3, -0.25) is 0 Å². The summed E-state index contributed by atoms with van der Waals surface area (Å²) < 4.78 is 5.46. The lowest BCUT2D eigenvalue weighted by molar-refractivity contribution is 0.201. The summed E-state index contributed by atoms with van der Waals surface area (Å²) in [4.78, 5) is 19.2. The zero-order chi connectivity index (χ0) is 21.3. The van der Waals surface area contributed by atoms with Crippen LogP contribution in [0.15, 0.2) is 107 Å². The van der Waals surface area contributed by atoms with Crippen LogP contribution in [0, 0.1) is 0 Å². The quantitative estimate of drug-likeness (QED) is 0.339. The fourth-order valence-corrected chi connectivity index (χ4v) is 3.93. The molecule has 5 nitrogen and oxygen atoms in total. The van der Waals surface area contributed by atoms with Gasteiger partial charge < -0.3 is 14.6 Å². The number of amides is 2. The zero-order valence-corrected chi connectivity index (χ0v) is 17.8. The van der Waals surface area contributed by atoms with Crippen LogP contribution in [0.1, 0.15) is 16.9 Å². The van der Waals surface area contributed by atoms with Gasteiger partial charge in [-0.15, -0.1) is 11.8 Å². The standard InChI is InChI=1S/C25H23N3O2S/c29-25(28(18-23-12-7-15-30-23)17-20-8-2-1-3-9-20)27-22-11-6-10-21(16-22)19-31-24-13-4-5-14-26-24/h1-16H,17-19H2,(H,27,29).